The molecule has 6 heteroatoms. The van der Waals surface area contributed by atoms with Crippen LogP contribution in [0.2, 0.25) is 0 Å². The van der Waals surface area contributed by atoms with Gasteiger partial charge in [0.1, 0.15) is 0 Å². The molecule has 0 spiro atoms. The van der Waals surface area contributed by atoms with E-state index < -0.39 is 5.97 Å². The van der Waals surface area contributed by atoms with Crippen LogP contribution in [0.25, 0.3) is 0 Å². The quantitative estimate of drug-likeness (QED) is 0.648. The molecule has 1 saturated heterocycles. The zero-order chi connectivity index (χ0) is 15.4. The van der Waals surface area contributed by atoms with Gasteiger partial charge in [-0.25, -0.2) is 4.79 Å². The molecule has 0 aliphatic carbocycles. The highest BCUT2D eigenvalue weighted by Gasteiger charge is 2.21. The summed E-state index contributed by atoms with van der Waals surface area (Å²) in [7, 11) is 2.02. The lowest BCUT2D eigenvalue weighted by Gasteiger charge is -2.32. The average Bonchev–Trinajstić information content (AvgIpc) is 2.48. The van der Waals surface area contributed by atoms with E-state index in [1.807, 2.05) is 7.05 Å². The number of anilines is 1. The van der Waals surface area contributed by atoms with Gasteiger partial charge in [0.2, 0.25) is 0 Å². The zero-order valence-electron chi connectivity index (χ0n) is 12.5. The molecule has 21 heavy (non-hydrogen) atoms. The Morgan fingerprint density at radius 3 is 2.57 bits per heavy atom. The third-order valence-electron chi connectivity index (χ3n) is 3.78. The van der Waals surface area contributed by atoms with Crippen molar-refractivity contribution in [1.82, 2.24) is 9.80 Å². The van der Waals surface area contributed by atoms with E-state index in [0.29, 0.717) is 29.9 Å². The van der Waals surface area contributed by atoms with Crippen molar-refractivity contribution in [2.45, 2.75) is 6.92 Å². The van der Waals surface area contributed by atoms with Gasteiger partial charge in [0.05, 0.1) is 5.56 Å². The van der Waals surface area contributed by atoms with Crippen LogP contribution >= 0.6 is 0 Å². The van der Waals surface area contributed by atoms with E-state index in [2.05, 4.69) is 4.90 Å². The molecule has 1 aliphatic heterocycles. The Morgan fingerprint density at radius 2 is 1.90 bits per heavy atom. The number of carbonyl (C=O) groups excluding carboxylic acids is 2. The van der Waals surface area contributed by atoms with E-state index in [1.165, 1.54) is 0 Å². The van der Waals surface area contributed by atoms with Gasteiger partial charge in [0.25, 0.3) is 5.91 Å². The van der Waals surface area contributed by atoms with Gasteiger partial charge >= 0.3 is 5.97 Å². The van der Waals surface area contributed by atoms with Crippen molar-refractivity contribution >= 4 is 17.6 Å². The van der Waals surface area contributed by atoms with Crippen molar-refractivity contribution in [1.29, 1.82) is 0 Å². The van der Waals surface area contributed by atoms with Crippen LogP contribution in [-0.4, -0.2) is 61.5 Å². The van der Waals surface area contributed by atoms with Gasteiger partial charge < -0.3 is 20.3 Å². The number of amides is 1. The van der Waals surface area contributed by atoms with E-state index in [0.717, 1.165) is 13.1 Å². The smallest absolute Gasteiger partial charge is 0.338 e. The van der Waals surface area contributed by atoms with E-state index in [4.69, 9.17) is 10.5 Å². The summed E-state index contributed by atoms with van der Waals surface area (Å²) in [5, 5.41) is 0. The molecule has 1 aromatic rings. The second kappa shape index (κ2) is 6.58. The molecule has 0 unspecified atom stereocenters. The van der Waals surface area contributed by atoms with Crippen LogP contribution in [0.4, 0.5) is 5.69 Å². The molecular weight excluding hydrogens is 270 g/mol. The maximum absolute atomic E-state index is 12.0. The highest BCUT2D eigenvalue weighted by Crippen LogP contribution is 2.16. The number of rotatable bonds is 3. The molecule has 1 fully saturated rings. The third kappa shape index (κ3) is 3.72. The zero-order valence-corrected chi connectivity index (χ0v) is 12.5. The topological polar surface area (TPSA) is 75.9 Å². The molecule has 0 saturated carbocycles. The predicted molar refractivity (Wildman–Crippen MR) is 80.0 cm³/mol. The standard InChI is InChI=1S/C15H21N3O3/c1-11-12(4-3-5-13(11)16)15(20)21-10-14(19)18-8-6-17(2)7-9-18/h3-5H,6-10,16H2,1-2H3. The summed E-state index contributed by atoms with van der Waals surface area (Å²) in [6, 6.07) is 5.07. The molecule has 1 aromatic carbocycles. The number of hydrogen-bond acceptors (Lipinski definition) is 5. The van der Waals surface area contributed by atoms with Gasteiger partial charge in [-0.2, -0.15) is 0 Å². The van der Waals surface area contributed by atoms with E-state index in [-0.39, 0.29) is 12.5 Å². The molecule has 0 atom stereocenters. The maximum atomic E-state index is 12.0. The molecule has 2 N–H and O–H groups in total. The summed E-state index contributed by atoms with van der Waals surface area (Å²) in [5.41, 5.74) is 7.37. The minimum Gasteiger partial charge on any atom is -0.452 e. The molecule has 1 aliphatic rings. The lowest BCUT2D eigenvalue weighted by Crippen LogP contribution is -2.48. The average molecular weight is 291 g/mol. The molecule has 0 radical (unpaired) electrons. The molecular formula is C15H21N3O3. The summed E-state index contributed by atoms with van der Waals surface area (Å²) >= 11 is 0. The summed E-state index contributed by atoms with van der Waals surface area (Å²) in [6.07, 6.45) is 0. The van der Waals surface area contributed by atoms with Crippen molar-refractivity contribution in [2.75, 3.05) is 45.6 Å². The number of carbonyl (C=O) groups is 2. The number of esters is 1. The van der Waals surface area contributed by atoms with Crippen LogP contribution in [0, 0.1) is 6.92 Å². The molecule has 0 aromatic heterocycles. The molecule has 1 amide bonds. The Kier molecular flexibility index (Phi) is 4.80. The van der Waals surface area contributed by atoms with Crippen LogP contribution < -0.4 is 5.73 Å². The van der Waals surface area contributed by atoms with Crippen molar-refractivity contribution < 1.29 is 14.3 Å². The normalized spacial score (nSPS) is 15.8. The third-order valence-corrected chi connectivity index (χ3v) is 3.78. The number of piperazine rings is 1. The van der Waals surface area contributed by atoms with Crippen molar-refractivity contribution in [3.63, 3.8) is 0 Å². The summed E-state index contributed by atoms with van der Waals surface area (Å²) in [6.45, 7) is 4.56. The highest BCUT2D eigenvalue weighted by atomic mass is 16.5. The summed E-state index contributed by atoms with van der Waals surface area (Å²) in [5.74, 6) is -0.666. The van der Waals surface area contributed by atoms with E-state index >= 15 is 0 Å². The number of ether oxygens (including phenoxy) is 1. The predicted octanol–water partition coefficient (Wildman–Crippen LogP) is 0.508. The Morgan fingerprint density at radius 1 is 1.24 bits per heavy atom. The number of likely N-dealkylation sites (N-methyl/N-ethyl adjacent to an activating group) is 1. The highest BCUT2D eigenvalue weighted by molar-refractivity contribution is 5.94. The fourth-order valence-electron chi connectivity index (χ4n) is 2.23. The summed E-state index contributed by atoms with van der Waals surface area (Å²) < 4.78 is 5.11. The van der Waals surface area contributed by atoms with Crippen LogP contribution in [0.15, 0.2) is 18.2 Å². The number of nitrogens with two attached hydrogens (primary N) is 1. The van der Waals surface area contributed by atoms with Crippen LogP contribution in [-0.2, 0) is 9.53 Å². The van der Waals surface area contributed by atoms with Crippen LogP contribution in [0.3, 0.4) is 0 Å². The molecule has 114 valence electrons. The monoisotopic (exact) mass is 291 g/mol. The first-order chi connectivity index (χ1) is 9.99. The Labute approximate surface area is 124 Å². The SMILES string of the molecule is Cc1c(N)cccc1C(=O)OCC(=O)N1CCN(C)CC1. The Bertz CT molecular complexity index is 537. The first-order valence-corrected chi connectivity index (χ1v) is 6.97. The van der Waals surface area contributed by atoms with E-state index in [1.54, 1.807) is 30.0 Å². The minimum atomic E-state index is -0.512. The molecule has 6 nitrogen and oxygen atoms in total. The van der Waals surface area contributed by atoms with Gasteiger partial charge in [-0.1, -0.05) is 6.07 Å². The minimum absolute atomic E-state index is 0.155. The van der Waals surface area contributed by atoms with Crippen molar-refractivity contribution in [2.24, 2.45) is 0 Å². The van der Waals surface area contributed by atoms with Crippen LogP contribution in [0.1, 0.15) is 15.9 Å². The number of benzene rings is 1. The fourth-order valence-corrected chi connectivity index (χ4v) is 2.23. The van der Waals surface area contributed by atoms with Gasteiger partial charge in [-0.3, -0.25) is 4.79 Å². The Hall–Kier alpha value is -2.08. The number of nitrogens with zero attached hydrogens (tertiary/aromatic N) is 2. The van der Waals surface area contributed by atoms with Gasteiger partial charge in [-0.05, 0) is 31.7 Å². The van der Waals surface area contributed by atoms with Gasteiger partial charge in [-0.15, -0.1) is 0 Å². The van der Waals surface area contributed by atoms with Crippen LogP contribution in [0.5, 0.6) is 0 Å². The van der Waals surface area contributed by atoms with Crippen molar-refractivity contribution in [3.05, 3.63) is 29.3 Å². The van der Waals surface area contributed by atoms with Gasteiger partial charge in [0, 0.05) is 31.9 Å². The maximum Gasteiger partial charge on any atom is 0.338 e. The van der Waals surface area contributed by atoms with E-state index in [9.17, 15) is 9.59 Å². The number of nitrogen functional groups attached to an aromatic ring is 1. The first-order valence-electron chi connectivity index (χ1n) is 6.97. The second-order valence-electron chi connectivity index (χ2n) is 5.28. The fraction of sp³-hybridized carbons (Fsp3) is 0.467. The summed E-state index contributed by atoms with van der Waals surface area (Å²) in [4.78, 5) is 27.9. The molecule has 0 bridgehead atoms. The first kappa shape index (κ1) is 15.3. The Balaban J connectivity index is 1.89. The molecule has 2 rings (SSSR count). The second-order valence-corrected chi connectivity index (χ2v) is 5.28. The lowest BCUT2D eigenvalue weighted by atomic mass is 10.1. The molecule has 1 heterocycles. The largest absolute Gasteiger partial charge is 0.452 e. The lowest BCUT2D eigenvalue weighted by molar-refractivity contribution is -0.136. The van der Waals surface area contributed by atoms with Gasteiger partial charge in [0.15, 0.2) is 6.61 Å². The van der Waals surface area contributed by atoms with Crippen molar-refractivity contribution in [3.8, 4) is 0 Å². The number of hydrogen-bond donors (Lipinski definition) is 1.